The number of halogens is 2. The monoisotopic (exact) mass is 295 g/mol. The SMILES string of the molecule is Cc1cccc(SCC(N)c2cc(F)ccc2Cl)c1. The van der Waals surface area contributed by atoms with Gasteiger partial charge in [-0.25, -0.2) is 4.39 Å². The van der Waals surface area contributed by atoms with E-state index >= 15 is 0 Å². The minimum atomic E-state index is -0.310. The lowest BCUT2D eigenvalue weighted by molar-refractivity contribution is 0.623. The lowest BCUT2D eigenvalue weighted by Gasteiger charge is -2.13. The first-order chi connectivity index (χ1) is 9.06. The molecule has 1 unspecified atom stereocenters. The fraction of sp³-hybridized carbons (Fsp3) is 0.200. The molecule has 0 fully saturated rings. The van der Waals surface area contributed by atoms with Crippen LogP contribution in [0.3, 0.4) is 0 Å². The maximum atomic E-state index is 13.2. The fourth-order valence-corrected chi connectivity index (χ4v) is 3.03. The normalized spacial score (nSPS) is 12.4. The molecule has 0 radical (unpaired) electrons. The Morgan fingerprint density at radius 1 is 1.26 bits per heavy atom. The first-order valence-electron chi connectivity index (χ1n) is 5.96. The van der Waals surface area contributed by atoms with E-state index in [1.54, 1.807) is 17.8 Å². The Morgan fingerprint density at radius 3 is 2.79 bits per heavy atom. The van der Waals surface area contributed by atoms with E-state index in [2.05, 4.69) is 6.07 Å². The Bertz CT molecular complexity index is 574. The third-order valence-electron chi connectivity index (χ3n) is 2.78. The van der Waals surface area contributed by atoms with Crippen LogP contribution in [0.2, 0.25) is 5.02 Å². The smallest absolute Gasteiger partial charge is 0.123 e. The molecule has 2 rings (SSSR count). The lowest BCUT2D eigenvalue weighted by atomic mass is 10.1. The number of hydrogen-bond donors (Lipinski definition) is 1. The minimum absolute atomic E-state index is 0.284. The van der Waals surface area contributed by atoms with Crippen LogP contribution in [0.4, 0.5) is 4.39 Å². The zero-order valence-electron chi connectivity index (χ0n) is 10.6. The average molecular weight is 296 g/mol. The van der Waals surface area contributed by atoms with Gasteiger partial charge in [0.05, 0.1) is 0 Å². The number of nitrogens with two attached hydrogens (primary N) is 1. The Hall–Kier alpha value is -1.03. The summed E-state index contributed by atoms with van der Waals surface area (Å²) in [6.07, 6.45) is 0. The number of aryl methyl sites for hydroxylation is 1. The van der Waals surface area contributed by atoms with Crippen LogP contribution in [0, 0.1) is 12.7 Å². The first-order valence-corrected chi connectivity index (χ1v) is 7.32. The quantitative estimate of drug-likeness (QED) is 0.836. The Kier molecular flexibility index (Phi) is 4.86. The molecular weight excluding hydrogens is 281 g/mol. The van der Waals surface area contributed by atoms with E-state index in [1.165, 1.54) is 17.7 Å². The summed E-state index contributed by atoms with van der Waals surface area (Å²) in [6.45, 7) is 2.05. The lowest BCUT2D eigenvalue weighted by Crippen LogP contribution is -2.13. The van der Waals surface area contributed by atoms with Crippen LogP contribution in [0.25, 0.3) is 0 Å². The molecule has 1 atom stereocenters. The predicted molar refractivity (Wildman–Crippen MR) is 80.2 cm³/mol. The minimum Gasteiger partial charge on any atom is -0.323 e. The van der Waals surface area contributed by atoms with Gasteiger partial charge in [-0.3, -0.25) is 0 Å². The average Bonchev–Trinajstić information content (AvgIpc) is 2.39. The van der Waals surface area contributed by atoms with Crippen molar-refractivity contribution in [2.45, 2.75) is 17.9 Å². The Morgan fingerprint density at radius 2 is 2.05 bits per heavy atom. The van der Waals surface area contributed by atoms with Gasteiger partial charge in [0.15, 0.2) is 0 Å². The van der Waals surface area contributed by atoms with Crippen molar-refractivity contribution < 1.29 is 4.39 Å². The molecule has 0 aromatic heterocycles. The van der Waals surface area contributed by atoms with E-state index < -0.39 is 0 Å². The summed E-state index contributed by atoms with van der Waals surface area (Å²) < 4.78 is 13.2. The Labute approximate surface area is 122 Å². The molecule has 2 N–H and O–H groups in total. The van der Waals surface area contributed by atoms with E-state index in [1.807, 2.05) is 25.1 Å². The Balaban J connectivity index is 2.05. The van der Waals surface area contributed by atoms with Crippen LogP contribution in [-0.2, 0) is 0 Å². The van der Waals surface area contributed by atoms with Crippen molar-refractivity contribution >= 4 is 23.4 Å². The number of benzene rings is 2. The molecule has 2 aromatic carbocycles. The molecule has 0 aliphatic carbocycles. The van der Waals surface area contributed by atoms with E-state index in [-0.39, 0.29) is 11.9 Å². The topological polar surface area (TPSA) is 26.0 Å². The van der Waals surface area contributed by atoms with Gasteiger partial charge in [0.2, 0.25) is 0 Å². The first kappa shape index (κ1) is 14.4. The van der Waals surface area contributed by atoms with Crippen molar-refractivity contribution in [3.8, 4) is 0 Å². The van der Waals surface area contributed by atoms with Crippen LogP contribution < -0.4 is 5.73 Å². The molecule has 0 heterocycles. The van der Waals surface area contributed by atoms with Gasteiger partial charge in [0.25, 0.3) is 0 Å². The van der Waals surface area contributed by atoms with Crippen molar-refractivity contribution in [2.75, 3.05) is 5.75 Å². The maximum absolute atomic E-state index is 13.2. The molecular formula is C15H15ClFNS. The summed E-state index contributed by atoms with van der Waals surface area (Å²) in [5.41, 5.74) is 7.94. The third kappa shape index (κ3) is 3.96. The number of thioether (sulfide) groups is 1. The third-order valence-corrected chi connectivity index (χ3v) is 4.23. The summed E-state index contributed by atoms with van der Waals surface area (Å²) >= 11 is 7.69. The molecule has 1 nitrogen and oxygen atoms in total. The largest absolute Gasteiger partial charge is 0.323 e. The van der Waals surface area contributed by atoms with Crippen LogP contribution >= 0.6 is 23.4 Å². The highest BCUT2D eigenvalue weighted by Gasteiger charge is 2.11. The van der Waals surface area contributed by atoms with Gasteiger partial charge < -0.3 is 5.73 Å². The summed E-state index contributed by atoms with van der Waals surface area (Å²) in [5.74, 6) is 0.350. The van der Waals surface area contributed by atoms with Gasteiger partial charge in [-0.1, -0.05) is 29.3 Å². The summed E-state index contributed by atoms with van der Waals surface area (Å²) in [6, 6.07) is 12.2. The van der Waals surface area contributed by atoms with E-state index in [0.29, 0.717) is 16.3 Å². The zero-order chi connectivity index (χ0) is 13.8. The van der Waals surface area contributed by atoms with E-state index in [9.17, 15) is 4.39 Å². The van der Waals surface area contributed by atoms with Gasteiger partial charge in [-0.15, -0.1) is 11.8 Å². The highest BCUT2D eigenvalue weighted by molar-refractivity contribution is 7.99. The molecule has 0 saturated carbocycles. The van der Waals surface area contributed by atoms with Gasteiger partial charge in [0.1, 0.15) is 5.82 Å². The fourth-order valence-electron chi connectivity index (χ4n) is 1.78. The standard InChI is InChI=1S/C15H15ClFNS/c1-10-3-2-4-12(7-10)19-9-15(18)13-8-11(17)5-6-14(13)16/h2-8,15H,9,18H2,1H3. The van der Waals surface area contributed by atoms with Crippen molar-refractivity contribution in [3.05, 3.63) is 64.4 Å². The molecule has 0 bridgehead atoms. The molecule has 0 spiro atoms. The second-order valence-corrected chi connectivity index (χ2v) is 5.90. The van der Waals surface area contributed by atoms with E-state index in [0.717, 1.165) is 4.90 Å². The van der Waals surface area contributed by atoms with Gasteiger partial charge in [-0.05, 0) is 42.8 Å². The zero-order valence-corrected chi connectivity index (χ0v) is 12.1. The molecule has 100 valence electrons. The van der Waals surface area contributed by atoms with Gasteiger partial charge in [0, 0.05) is 21.7 Å². The van der Waals surface area contributed by atoms with Crippen molar-refractivity contribution in [1.82, 2.24) is 0 Å². The van der Waals surface area contributed by atoms with Crippen molar-refractivity contribution in [3.63, 3.8) is 0 Å². The van der Waals surface area contributed by atoms with Crippen LogP contribution in [-0.4, -0.2) is 5.75 Å². The van der Waals surface area contributed by atoms with Crippen LogP contribution in [0.15, 0.2) is 47.4 Å². The highest BCUT2D eigenvalue weighted by Crippen LogP contribution is 2.28. The molecule has 19 heavy (non-hydrogen) atoms. The van der Waals surface area contributed by atoms with Gasteiger partial charge in [-0.2, -0.15) is 0 Å². The summed E-state index contributed by atoms with van der Waals surface area (Å²) in [5, 5.41) is 0.513. The molecule has 4 heteroatoms. The second kappa shape index (κ2) is 6.42. The van der Waals surface area contributed by atoms with Crippen LogP contribution in [0.1, 0.15) is 17.2 Å². The second-order valence-electron chi connectivity index (χ2n) is 4.40. The predicted octanol–water partition coefficient (Wildman–Crippen LogP) is 4.58. The molecule has 0 amide bonds. The summed E-state index contributed by atoms with van der Waals surface area (Å²) in [7, 11) is 0. The molecule has 2 aromatic rings. The molecule has 0 saturated heterocycles. The van der Waals surface area contributed by atoms with Crippen molar-refractivity contribution in [2.24, 2.45) is 5.73 Å². The summed E-state index contributed by atoms with van der Waals surface area (Å²) in [4.78, 5) is 1.16. The van der Waals surface area contributed by atoms with Crippen LogP contribution in [0.5, 0.6) is 0 Å². The van der Waals surface area contributed by atoms with E-state index in [4.69, 9.17) is 17.3 Å². The maximum Gasteiger partial charge on any atom is 0.123 e. The number of rotatable bonds is 4. The number of hydrogen-bond acceptors (Lipinski definition) is 2. The highest BCUT2D eigenvalue weighted by atomic mass is 35.5. The van der Waals surface area contributed by atoms with Crippen molar-refractivity contribution in [1.29, 1.82) is 0 Å². The molecule has 0 aliphatic heterocycles. The molecule has 0 aliphatic rings. The van der Waals surface area contributed by atoms with Gasteiger partial charge >= 0.3 is 0 Å².